The van der Waals surface area contributed by atoms with Crippen molar-refractivity contribution in [1.29, 1.82) is 0 Å². The van der Waals surface area contributed by atoms with Crippen molar-refractivity contribution in [3.63, 3.8) is 0 Å². The first kappa shape index (κ1) is 14.9. The third kappa shape index (κ3) is 7.26. The van der Waals surface area contributed by atoms with Crippen LogP contribution in [0.1, 0.15) is 52.9 Å². The Morgan fingerprint density at radius 3 is 2.38 bits per heavy atom. The summed E-state index contributed by atoms with van der Waals surface area (Å²) in [5, 5.41) is 11.1. The fraction of sp³-hybridized carbons (Fsp3) is 0.833. The van der Waals surface area contributed by atoms with E-state index in [4.69, 9.17) is 5.11 Å². The number of nitrogens with one attached hydrogen (secondary N) is 1. The lowest BCUT2D eigenvalue weighted by atomic mass is 9.99. The Bertz CT molecular complexity index is 228. The first-order chi connectivity index (χ1) is 7.47. The average molecular weight is 229 g/mol. The third-order valence-corrected chi connectivity index (χ3v) is 2.58. The molecular weight excluding hydrogens is 206 g/mol. The molecule has 0 radical (unpaired) electrons. The van der Waals surface area contributed by atoms with Gasteiger partial charge in [-0.2, -0.15) is 0 Å². The van der Waals surface area contributed by atoms with E-state index in [1.807, 2.05) is 6.92 Å². The van der Waals surface area contributed by atoms with Crippen LogP contribution in [0.3, 0.4) is 0 Å². The molecule has 0 bridgehead atoms. The number of unbranched alkanes of at least 4 members (excludes halogenated alkanes) is 2. The van der Waals surface area contributed by atoms with Gasteiger partial charge in [0.25, 0.3) is 0 Å². The van der Waals surface area contributed by atoms with Crippen LogP contribution in [0.25, 0.3) is 0 Å². The monoisotopic (exact) mass is 229 g/mol. The Morgan fingerprint density at radius 2 is 1.88 bits per heavy atom. The van der Waals surface area contributed by atoms with Crippen molar-refractivity contribution in [2.75, 3.05) is 0 Å². The fourth-order valence-corrected chi connectivity index (χ4v) is 1.52. The summed E-state index contributed by atoms with van der Waals surface area (Å²) in [4.78, 5) is 21.9. The molecule has 0 aromatic rings. The molecule has 2 N–H and O–H groups in total. The zero-order chi connectivity index (χ0) is 12.6. The van der Waals surface area contributed by atoms with E-state index >= 15 is 0 Å². The number of aliphatic carboxylic acids is 1. The summed E-state index contributed by atoms with van der Waals surface area (Å²) in [7, 11) is 0. The second kappa shape index (κ2) is 8.13. The van der Waals surface area contributed by atoms with Gasteiger partial charge in [-0.25, -0.2) is 0 Å². The second-order valence-corrected chi connectivity index (χ2v) is 4.43. The minimum atomic E-state index is -0.994. The molecule has 0 rings (SSSR count). The Hall–Kier alpha value is -1.06. The van der Waals surface area contributed by atoms with E-state index in [1.54, 1.807) is 0 Å². The maximum atomic E-state index is 11.4. The van der Waals surface area contributed by atoms with Crippen LogP contribution in [0.5, 0.6) is 0 Å². The van der Waals surface area contributed by atoms with Crippen LogP contribution in [0.15, 0.2) is 0 Å². The van der Waals surface area contributed by atoms with Gasteiger partial charge in [-0.05, 0) is 12.8 Å². The van der Waals surface area contributed by atoms with Crippen LogP contribution in [-0.4, -0.2) is 23.0 Å². The highest BCUT2D eigenvalue weighted by Gasteiger charge is 2.15. The first-order valence-electron chi connectivity index (χ1n) is 5.99. The van der Waals surface area contributed by atoms with Crippen molar-refractivity contribution >= 4 is 11.9 Å². The second-order valence-electron chi connectivity index (χ2n) is 4.43. The molecule has 1 amide bonds. The number of hydrogen-bond donors (Lipinski definition) is 2. The lowest BCUT2D eigenvalue weighted by molar-refractivity contribution is -0.141. The highest BCUT2D eigenvalue weighted by molar-refractivity contribution is 5.83. The smallest absolute Gasteiger partial charge is 0.325 e. The van der Waals surface area contributed by atoms with Gasteiger partial charge < -0.3 is 10.4 Å². The Kier molecular flexibility index (Phi) is 7.60. The largest absolute Gasteiger partial charge is 0.480 e. The Morgan fingerprint density at radius 1 is 1.25 bits per heavy atom. The molecule has 0 aliphatic carbocycles. The topological polar surface area (TPSA) is 66.4 Å². The van der Waals surface area contributed by atoms with E-state index < -0.39 is 12.0 Å². The molecule has 0 heterocycles. The fourth-order valence-electron chi connectivity index (χ4n) is 1.52. The molecule has 0 spiro atoms. The van der Waals surface area contributed by atoms with Gasteiger partial charge in [0.1, 0.15) is 6.04 Å². The minimum Gasteiger partial charge on any atom is -0.480 e. The van der Waals surface area contributed by atoms with Crippen molar-refractivity contribution < 1.29 is 14.7 Å². The molecule has 0 aromatic heterocycles. The van der Waals surface area contributed by atoms with Crippen molar-refractivity contribution in [3.05, 3.63) is 0 Å². The van der Waals surface area contributed by atoms with E-state index in [-0.39, 0.29) is 5.91 Å². The van der Waals surface area contributed by atoms with Gasteiger partial charge in [-0.1, -0.05) is 39.5 Å². The molecule has 4 heteroatoms. The summed E-state index contributed by atoms with van der Waals surface area (Å²) in [6.45, 7) is 5.65. The number of rotatable bonds is 8. The molecule has 0 saturated carbocycles. The number of carboxylic acids is 1. The maximum Gasteiger partial charge on any atom is 0.325 e. The van der Waals surface area contributed by atoms with Crippen molar-refractivity contribution in [2.45, 2.75) is 58.9 Å². The lowest BCUT2D eigenvalue weighted by Crippen LogP contribution is -2.38. The SMILES string of the molecule is CCCCCC(C)CC(=O)N[C@H](C)C(=O)O. The number of carbonyl (C=O) groups excluding carboxylic acids is 1. The summed E-state index contributed by atoms with van der Waals surface area (Å²) in [5.41, 5.74) is 0. The number of amides is 1. The van der Waals surface area contributed by atoms with Gasteiger partial charge in [-0.3, -0.25) is 9.59 Å². The van der Waals surface area contributed by atoms with Gasteiger partial charge >= 0.3 is 5.97 Å². The van der Waals surface area contributed by atoms with E-state index in [9.17, 15) is 9.59 Å². The molecule has 0 fully saturated rings. The summed E-state index contributed by atoms with van der Waals surface area (Å²) >= 11 is 0. The van der Waals surface area contributed by atoms with Crippen molar-refractivity contribution in [1.82, 2.24) is 5.32 Å². The summed E-state index contributed by atoms with van der Waals surface area (Å²) in [6.07, 6.45) is 4.95. The lowest BCUT2D eigenvalue weighted by Gasteiger charge is -2.13. The first-order valence-corrected chi connectivity index (χ1v) is 5.99. The molecule has 4 nitrogen and oxygen atoms in total. The predicted octanol–water partition coefficient (Wildman–Crippen LogP) is 2.18. The van der Waals surface area contributed by atoms with Gasteiger partial charge in [-0.15, -0.1) is 0 Å². The number of carbonyl (C=O) groups is 2. The molecular formula is C12H23NO3. The standard InChI is InChI=1S/C12H23NO3/c1-4-5-6-7-9(2)8-11(14)13-10(3)12(15)16/h9-10H,4-8H2,1-3H3,(H,13,14)(H,15,16)/t9?,10-/m1/s1. The molecule has 1 unspecified atom stereocenters. The Labute approximate surface area is 97.4 Å². The van der Waals surface area contributed by atoms with Gasteiger partial charge in [0.15, 0.2) is 0 Å². The van der Waals surface area contributed by atoms with Crippen LogP contribution in [0, 0.1) is 5.92 Å². The number of hydrogen-bond acceptors (Lipinski definition) is 2. The maximum absolute atomic E-state index is 11.4. The zero-order valence-electron chi connectivity index (χ0n) is 10.5. The molecule has 94 valence electrons. The number of carboxylic acid groups (broad SMARTS) is 1. The molecule has 0 saturated heterocycles. The van der Waals surface area contributed by atoms with E-state index in [0.717, 1.165) is 12.8 Å². The van der Waals surface area contributed by atoms with Crippen LogP contribution in [0.2, 0.25) is 0 Å². The molecule has 0 aromatic carbocycles. The van der Waals surface area contributed by atoms with Crippen molar-refractivity contribution in [2.24, 2.45) is 5.92 Å². The van der Waals surface area contributed by atoms with Crippen LogP contribution in [0.4, 0.5) is 0 Å². The highest BCUT2D eigenvalue weighted by atomic mass is 16.4. The highest BCUT2D eigenvalue weighted by Crippen LogP contribution is 2.12. The average Bonchev–Trinajstić information content (AvgIpc) is 2.17. The minimum absolute atomic E-state index is 0.168. The van der Waals surface area contributed by atoms with E-state index in [2.05, 4.69) is 12.2 Å². The summed E-state index contributed by atoms with van der Waals surface area (Å²) in [6, 6.07) is -0.796. The predicted molar refractivity (Wildman–Crippen MR) is 63.2 cm³/mol. The van der Waals surface area contributed by atoms with Gasteiger partial charge in [0.2, 0.25) is 5.91 Å². The van der Waals surface area contributed by atoms with E-state index in [0.29, 0.717) is 12.3 Å². The third-order valence-electron chi connectivity index (χ3n) is 2.58. The Balaban J connectivity index is 3.73. The van der Waals surface area contributed by atoms with Crippen LogP contribution < -0.4 is 5.32 Å². The van der Waals surface area contributed by atoms with Gasteiger partial charge in [0.05, 0.1) is 0 Å². The summed E-state index contributed by atoms with van der Waals surface area (Å²) < 4.78 is 0. The van der Waals surface area contributed by atoms with Crippen LogP contribution in [-0.2, 0) is 9.59 Å². The zero-order valence-corrected chi connectivity index (χ0v) is 10.5. The van der Waals surface area contributed by atoms with E-state index in [1.165, 1.54) is 19.8 Å². The van der Waals surface area contributed by atoms with Gasteiger partial charge in [0, 0.05) is 6.42 Å². The summed E-state index contributed by atoms with van der Waals surface area (Å²) in [5.74, 6) is -0.835. The van der Waals surface area contributed by atoms with Crippen molar-refractivity contribution in [3.8, 4) is 0 Å². The quantitative estimate of drug-likeness (QED) is 0.627. The molecule has 2 atom stereocenters. The molecule has 16 heavy (non-hydrogen) atoms. The molecule has 0 aliphatic rings. The molecule has 0 aliphatic heterocycles. The van der Waals surface area contributed by atoms with Crippen LogP contribution >= 0.6 is 0 Å². The normalized spacial score (nSPS) is 14.2.